The molecule has 0 radical (unpaired) electrons. The van der Waals surface area contributed by atoms with Crippen LogP contribution in [-0.2, 0) is 4.79 Å². The van der Waals surface area contributed by atoms with Crippen molar-refractivity contribution in [2.24, 2.45) is 0 Å². The summed E-state index contributed by atoms with van der Waals surface area (Å²) >= 11 is 1.38. The van der Waals surface area contributed by atoms with Crippen LogP contribution in [0.25, 0.3) is 6.08 Å². The third-order valence-electron chi connectivity index (χ3n) is 6.41. The van der Waals surface area contributed by atoms with E-state index in [0.717, 1.165) is 29.2 Å². The summed E-state index contributed by atoms with van der Waals surface area (Å²) < 4.78 is 17.1. The maximum absolute atomic E-state index is 12.8. The molecule has 0 atom stereocenters. The van der Waals surface area contributed by atoms with Crippen LogP contribution >= 0.6 is 11.3 Å². The number of ether oxygens (including phenoxy) is 3. The van der Waals surface area contributed by atoms with Gasteiger partial charge in [-0.05, 0) is 62.1 Å². The highest BCUT2D eigenvalue weighted by molar-refractivity contribution is 7.15. The number of methoxy groups -OCH3 is 1. The fraction of sp³-hybridized carbons (Fsp3) is 0.379. The van der Waals surface area contributed by atoms with Crippen molar-refractivity contribution in [1.82, 2.24) is 10.2 Å². The quantitative estimate of drug-likeness (QED) is 0.188. The maximum Gasteiger partial charge on any atom is 0.268 e. The molecule has 1 fully saturated rings. The number of nitriles is 1. The summed E-state index contributed by atoms with van der Waals surface area (Å²) in [6.07, 6.45) is 7.37. The lowest BCUT2D eigenvalue weighted by Crippen LogP contribution is -2.13. The Kier molecular flexibility index (Phi) is 9.33. The van der Waals surface area contributed by atoms with Gasteiger partial charge in [0.25, 0.3) is 5.91 Å². The van der Waals surface area contributed by atoms with E-state index in [4.69, 9.17) is 14.2 Å². The standard InChI is InChI=1S/C29H32N4O4S/c1-19-9-11-24(20(2)15-19)36-13-14-37-25-12-10-21(17-26(25)35-3)16-23(18-30)27(34)31-29-33-32-28(38-29)22-7-5-4-6-8-22/h9-12,15-17,22H,4-8,13-14H2,1-3H3,(H,31,33,34). The Balaban J connectivity index is 1.35. The minimum absolute atomic E-state index is 0.0444. The van der Waals surface area contributed by atoms with Crippen LogP contribution in [0.3, 0.4) is 0 Å². The van der Waals surface area contributed by atoms with Gasteiger partial charge >= 0.3 is 0 Å². The van der Waals surface area contributed by atoms with Crippen molar-refractivity contribution in [1.29, 1.82) is 5.26 Å². The number of carbonyl (C=O) groups excluding carboxylic acids is 1. The first-order valence-corrected chi connectivity index (χ1v) is 13.6. The Morgan fingerprint density at radius 2 is 1.79 bits per heavy atom. The van der Waals surface area contributed by atoms with Crippen molar-refractivity contribution in [3.8, 4) is 23.3 Å². The highest BCUT2D eigenvalue weighted by Crippen LogP contribution is 2.35. The van der Waals surface area contributed by atoms with Crippen molar-refractivity contribution >= 4 is 28.5 Å². The molecule has 0 saturated heterocycles. The first kappa shape index (κ1) is 27.1. The smallest absolute Gasteiger partial charge is 0.268 e. The zero-order chi connectivity index (χ0) is 26.9. The molecule has 1 aliphatic rings. The van der Waals surface area contributed by atoms with Crippen LogP contribution in [0.5, 0.6) is 17.2 Å². The number of benzene rings is 2. The van der Waals surface area contributed by atoms with Gasteiger partial charge in [0.15, 0.2) is 11.5 Å². The summed E-state index contributed by atoms with van der Waals surface area (Å²) in [5.41, 5.74) is 2.85. The summed E-state index contributed by atoms with van der Waals surface area (Å²) in [7, 11) is 1.54. The topological polar surface area (TPSA) is 106 Å². The predicted molar refractivity (Wildman–Crippen MR) is 148 cm³/mol. The Hall–Kier alpha value is -3.90. The molecule has 1 heterocycles. The third-order valence-corrected chi connectivity index (χ3v) is 7.41. The van der Waals surface area contributed by atoms with Crippen LogP contribution < -0.4 is 19.5 Å². The van der Waals surface area contributed by atoms with Gasteiger partial charge in [-0.1, -0.05) is 54.4 Å². The molecule has 9 heteroatoms. The van der Waals surface area contributed by atoms with E-state index >= 15 is 0 Å². The van der Waals surface area contributed by atoms with Crippen LogP contribution in [0.4, 0.5) is 5.13 Å². The molecule has 1 N–H and O–H groups in total. The van der Waals surface area contributed by atoms with E-state index in [2.05, 4.69) is 21.6 Å². The second kappa shape index (κ2) is 13.1. The number of anilines is 1. The molecule has 0 bridgehead atoms. The van der Waals surface area contributed by atoms with Crippen LogP contribution in [0, 0.1) is 25.2 Å². The van der Waals surface area contributed by atoms with Crippen LogP contribution in [-0.4, -0.2) is 36.4 Å². The largest absolute Gasteiger partial charge is 0.493 e. The molecule has 0 aliphatic heterocycles. The number of hydrogen-bond acceptors (Lipinski definition) is 8. The summed E-state index contributed by atoms with van der Waals surface area (Å²) in [6, 6.07) is 13.2. The number of aromatic nitrogens is 2. The van der Waals surface area contributed by atoms with Crippen molar-refractivity contribution < 1.29 is 19.0 Å². The van der Waals surface area contributed by atoms with Gasteiger partial charge in [0.2, 0.25) is 5.13 Å². The van der Waals surface area contributed by atoms with Crippen LogP contribution in [0.15, 0.2) is 42.0 Å². The number of amides is 1. The second-order valence-electron chi connectivity index (χ2n) is 9.28. The molecule has 1 saturated carbocycles. The number of hydrogen-bond donors (Lipinski definition) is 1. The highest BCUT2D eigenvalue weighted by atomic mass is 32.1. The molecular formula is C29H32N4O4S. The molecule has 4 rings (SSSR count). The number of aryl methyl sites for hydroxylation is 2. The number of rotatable bonds is 10. The lowest BCUT2D eigenvalue weighted by atomic mass is 9.90. The van der Waals surface area contributed by atoms with Crippen molar-refractivity contribution in [3.05, 3.63) is 63.7 Å². The van der Waals surface area contributed by atoms with Crippen molar-refractivity contribution in [3.63, 3.8) is 0 Å². The van der Waals surface area contributed by atoms with E-state index in [1.54, 1.807) is 25.3 Å². The fourth-order valence-corrected chi connectivity index (χ4v) is 5.34. The lowest BCUT2D eigenvalue weighted by molar-refractivity contribution is -0.112. The van der Waals surface area contributed by atoms with Crippen LogP contribution in [0.1, 0.15) is 59.7 Å². The van der Waals surface area contributed by atoms with Gasteiger partial charge in [-0.15, -0.1) is 10.2 Å². The van der Waals surface area contributed by atoms with Crippen molar-refractivity contribution in [2.45, 2.75) is 51.9 Å². The van der Waals surface area contributed by atoms with E-state index < -0.39 is 5.91 Å². The van der Waals surface area contributed by atoms with E-state index in [1.165, 1.54) is 42.2 Å². The molecule has 1 amide bonds. The summed E-state index contributed by atoms with van der Waals surface area (Å²) in [5.74, 6) is 1.74. The van der Waals surface area contributed by atoms with Gasteiger partial charge < -0.3 is 14.2 Å². The predicted octanol–water partition coefficient (Wildman–Crippen LogP) is 6.21. The van der Waals surface area contributed by atoms with Gasteiger partial charge in [-0.2, -0.15) is 5.26 Å². The second-order valence-corrected chi connectivity index (χ2v) is 10.3. The van der Waals surface area contributed by atoms with Gasteiger partial charge in [0.1, 0.15) is 35.6 Å². The lowest BCUT2D eigenvalue weighted by Gasteiger charge is -2.18. The van der Waals surface area contributed by atoms with Crippen molar-refractivity contribution in [2.75, 3.05) is 25.6 Å². The minimum atomic E-state index is -0.526. The molecule has 38 heavy (non-hydrogen) atoms. The molecule has 2 aromatic carbocycles. The number of nitrogens with one attached hydrogen (secondary N) is 1. The SMILES string of the molecule is COc1cc(C=C(C#N)C(=O)Nc2nnc(C3CCCCC3)s2)ccc1OCCOc1ccc(C)cc1C. The normalized spacial score (nSPS) is 14.0. The molecule has 0 unspecified atom stereocenters. The molecule has 1 aliphatic carbocycles. The molecule has 3 aromatic rings. The molecular weight excluding hydrogens is 500 g/mol. The zero-order valence-corrected chi connectivity index (χ0v) is 22.8. The average molecular weight is 533 g/mol. The minimum Gasteiger partial charge on any atom is -0.493 e. The molecule has 1 aromatic heterocycles. The van der Waals surface area contributed by atoms with E-state index in [9.17, 15) is 10.1 Å². The zero-order valence-electron chi connectivity index (χ0n) is 22.0. The maximum atomic E-state index is 12.8. The van der Waals surface area contributed by atoms with Crippen LogP contribution in [0.2, 0.25) is 0 Å². The monoisotopic (exact) mass is 532 g/mol. The summed E-state index contributed by atoms with van der Waals surface area (Å²) in [5, 5.41) is 22.1. The van der Waals surface area contributed by atoms with Gasteiger partial charge in [0.05, 0.1) is 7.11 Å². The average Bonchev–Trinajstić information content (AvgIpc) is 3.40. The third kappa shape index (κ3) is 7.11. The van der Waals surface area contributed by atoms with E-state index in [-0.39, 0.29) is 5.57 Å². The molecule has 0 spiro atoms. The van der Waals surface area contributed by atoms with Gasteiger partial charge in [0, 0.05) is 5.92 Å². The van der Waals surface area contributed by atoms with Gasteiger partial charge in [-0.3, -0.25) is 10.1 Å². The Morgan fingerprint density at radius 1 is 1.05 bits per heavy atom. The first-order chi connectivity index (χ1) is 18.5. The highest BCUT2D eigenvalue weighted by Gasteiger charge is 2.21. The Morgan fingerprint density at radius 3 is 2.50 bits per heavy atom. The van der Waals surface area contributed by atoms with Gasteiger partial charge in [-0.25, -0.2) is 0 Å². The van der Waals surface area contributed by atoms with E-state index in [1.807, 2.05) is 32.0 Å². The molecule has 8 nitrogen and oxygen atoms in total. The Labute approximate surface area is 227 Å². The fourth-order valence-electron chi connectivity index (χ4n) is 4.44. The molecule has 198 valence electrons. The van der Waals surface area contributed by atoms with E-state index in [0.29, 0.717) is 41.3 Å². The number of carbonyl (C=O) groups is 1. The summed E-state index contributed by atoms with van der Waals surface area (Å²) in [4.78, 5) is 12.8. The summed E-state index contributed by atoms with van der Waals surface area (Å²) in [6.45, 7) is 4.76. The Bertz CT molecular complexity index is 1340. The first-order valence-electron chi connectivity index (χ1n) is 12.7. The number of nitrogens with zero attached hydrogens (tertiary/aromatic N) is 3.